The number of carbonyl (C=O) groups excluding carboxylic acids is 1. The van der Waals surface area contributed by atoms with Gasteiger partial charge < -0.3 is 4.90 Å². The molecule has 1 aromatic rings. The number of nitrogens with zero attached hydrogens (tertiary/aromatic N) is 1. The number of para-hydroxylation sites is 1. The van der Waals surface area contributed by atoms with E-state index in [4.69, 9.17) is 0 Å². The zero-order chi connectivity index (χ0) is 16.9. The summed E-state index contributed by atoms with van der Waals surface area (Å²) in [5, 5.41) is 0. The summed E-state index contributed by atoms with van der Waals surface area (Å²) in [5.74, 6) is 1.99. The number of amides is 1. The summed E-state index contributed by atoms with van der Waals surface area (Å²) in [4.78, 5) is 15.3. The summed E-state index contributed by atoms with van der Waals surface area (Å²) in [6, 6.07) is 10.4. The van der Waals surface area contributed by atoms with Crippen LogP contribution in [0.15, 0.2) is 30.3 Å². The molecule has 1 amide bonds. The molecular weight excluding hydrogens is 362 g/mol. The van der Waals surface area contributed by atoms with Gasteiger partial charge in [-0.2, -0.15) is 0 Å². The van der Waals surface area contributed by atoms with Gasteiger partial charge in [-0.3, -0.25) is 4.79 Å². The average molecular weight is 390 g/mol. The van der Waals surface area contributed by atoms with E-state index in [0.717, 1.165) is 23.9 Å². The smallest absolute Gasteiger partial charge is 0.227 e. The van der Waals surface area contributed by atoms with E-state index in [0.29, 0.717) is 10.2 Å². The third kappa shape index (κ3) is 2.94. The summed E-state index contributed by atoms with van der Waals surface area (Å²) in [7, 11) is 0. The van der Waals surface area contributed by atoms with Crippen molar-refractivity contribution in [3.8, 4) is 0 Å². The normalized spacial score (nSPS) is 37.0. The predicted octanol–water partition coefficient (Wildman–Crippen LogP) is 5.55. The van der Waals surface area contributed by atoms with Gasteiger partial charge in [-0.15, -0.1) is 0 Å². The first-order valence-corrected chi connectivity index (χ1v) is 10.2. The van der Waals surface area contributed by atoms with Crippen LogP contribution in [-0.2, 0) is 4.79 Å². The van der Waals surface area contributed by atoms with Gasteiger partial charge in [0.05, 0.1) is 0 Å². The maximum Gasteiger partial charge on any atom is 0.227 e. The summed E-state index contributed by atoms with van der Waals surface area (Å²) < 4.78 is 0.326. The Bertz CT molecular complexity index is 612. The summed E-state index contributed by atoms with van der Waals surface area (Å²) >= 11 is 4.07. The third-order valence-corrected chi connectivity index (χ3v) is 7.38. The Balaban J connectivity index is 1.57. The molecule has 5 rings (SSSR count). The first-order chi connectivity index (χ1) is 11.4. The van der Waals surface area contributed by atoms with Crippen molar-refractivity contribution >= 4 is 27.5 Å². The summed E-state index contributed by atoms with van der Waals surface area (Å²) in [5.41, 5.74) is 1.28. The molecule has 0 N–H and O–H groups in total. The fraction of sp³-hybridized carbons (Fsp3) is 0.667. The second-order valence-electron chi connectivity index (χ2n) is 8.98. The highest BCUT2D eigenvalue weighted by Crippen LogP contribution is 2.65. The molecule has 4 aliphatic rings. The molecule has 2 nitrogen and oxygen atoms in total. The molecule has 4 atom stereocenters. The lowest BCUT2D eigenvalue weighted by Crippen LogP contribution is -2.54. The van der Waals surface area contributed by atoms with Crippen molar-refractivity contribution in [1.29, 1.82) is 0 Å². The molecular formula is C21H28BrNO. The van der Waals surface area contributed by atoms with E-state index in [1.165, 1.54) is 38.5 Å². The highest BCUT2D eigenvalue weighted by Gasteiger charge is 2.57. The fourth-order valence-electron chi connectivity index (χ4n) is 6.27. The molecule has 2 unspecified atom stereocenters. The van der Waals surface area contributed by atoms with Gasteiger partial charge in [0.1, 0.15) is 0 Å². The highest BCUT2D eigenvalue weighted by molar-refractivity contribution is 9.10. The minimum atomic E-state index is 0.201. The number of carbonyl (C=O) groups is 1. The minimum Gasteiger partial charge on any atom is -0.310 e. The van der Waals surface area contributed by atoms with E-state index in [1.54, 1.807) is 0 Å². The fourth-order valence-corrected chi connectivity index (χ4v) is 7.78. The molecule has 4 bridgehead atoms. The Labute approximate surface area is 154 Å². The molecule has 4 saturated carbocycles. The molecule has 0 saturated heterocycles. The van der Waals surface area contributed by atoms with Crippen LogP contribution in [-0.4, -0.2) is 16.3 Å². The number of halogens is 1. The SMILES string of the molecule is CC(C)N(C(=O)CC12C[C@@H]3C[C@@H](CC(Br)(C3)C1)C2)c1ccccc1. The largest absolute Gasteiger partial charge is 0.310 e. The van der Waals surface area contributed by atoms with Crippen molar-refractivity contribution in [2.75, 3.05) is 4.90 Å². The molecule has 0 aliphatic heterocycles. The molecule has 130 valence electrons. The Morgan fingerprint density at radius 3 is 2.33 bits per heavy atom. The van der Waals surface area contributed by atoms with Gasteiger partial charge in [0, 0.05) is 22.5 Å². The van der Waals surface area contributed by atoms with Crippen LogP contribution in [0.2, 0.25) is 0 Å². The maximum absolute atomic E-state index is 13.3. The Kier molecular flexibility index (Phi) is 4.06. The third-order valence-electron chi connectivity index (χ3n) is 6.46. The van der Waals surface area contributed by atoms with Crippen LogP contribution in [0, 0.1) is 17.3 Å². The van der Waals surface area contributed by atoms with Crippen molar-refractivity contribution < 1.29 is 4.79 Å². The zero-order valence-electron chi connectivity index (χ0n) is 14.8. The van der Waals surface area contributed by atoms with Crippen molar-refractivity contribution in [1.82, 2.24) is 0 Å². The van der Waals surface area contributed by atoms with Crippen molar-refractivity contribution in [3.63, 3.8) is 0 Å². The topological polar surface area (TPSA) is 20.3 Å². The lowest BCUT2D eigenvalue weighted by atomic mass is 9.48. The van der Waals surface area contributed by atoms with Crippen molar-refractivity contribution in [2.24, 2.45) is 17.3 Å². The van der Waals surface area contributed by atoms with Crippen molar-refractivity contribution in [2.45, 2.75) is 69.2 Å². The zero-order valence-corrected chi connectivity index (χ0v) is 16.4. The number of benzene rings is 1. The quantitative estimate of drug-likeness (QED) is 0.617. The Morgan fingerprint density at radius 1 is 1.17 bits per heavy atom. The number of rotatable bonds is 4. The molecule has 24 heavy (non-hydrogen) atoms. The number of anilines is 1. The van der Waals surface area contributed by atoms with E-state index in [2.05, 4.69) is 41.9 Å². The van der Waals surface area contributed by atoms with Gasteiger partial charge >= 0.3 is 0 Å². The van der Waals surface area contributed by atoms with E-state index in [9.17, 15) is 4.79 Å². The van der Waals surface area contributed by atoms with Gasteiger partial charge in [0.25, 0.3) is 0 Å². The van der Waals surface area contributed by atoms with Gasteiger partial charge in [-0.05, 0) is 81.8 Å². The monoisotopic (exact) mass is 389 g/mol. The van der Waals surface area contributed by atoms with Gasteiger partial charge in [-0.1, -0.05) is 34.1 Å². The van der Waals surface area contributed by atoms with Crippen LogP contribution >= 0.6 is 15.9 Å². The molecule has 4 fully saturated rings. The Hall–Kier alpha value is -0.830. The maximum atomic E-state index is 13.3. The van der Waals surface area contributed by atoms with Crippen LogP contribution < -0.4 is 4.90 Å². The van der Waals surface area contributed by atoms with E-state index in [1.807, 2.05) is 23.1 Å². The number of hydrogen-bond acceptors (Lipinski definition) is 1. The molecule has 0 radical (unpaired) electrons. The van der Waals surface area contributed by atoms with Crippen LogP contribution in [0.1, 0.15) is 58.8 Å². The van der Waals surface area contributed by atoms with E-state index in [-0.39, 0.29) is 11.5 Å². The van der Waals surface area contributed by atoms with Crippen LogP contribution in [0.5, 0.6) is 0 Å². The summed E-state index contributed by atoms with van der Waals surface area (Å²) in [6.07, 6.45) is 8.50. The molecule has 4 aliphatic carbocycles. The van der Waals surface area contributed by atoms with E-state index < -0.39 is 0 Å². The van der Waals surface area contributed by atoms with Gasteiger partial charge in [0.2, 0.25) is 5.91 Å². The van der Waals surface area contributed by atoms with Crippen LogP contribution in [0.4, 0.5) is 5.69 Å². The minimum absolute atomic E-state index is 0.201. The predicted molar refractivity (Wildman–Crippen MR) is 102 cm³/mol. The first kappa shape index (κ1) is 16.6. The first-order valence-electron chi connectivity index (χ1n) is 9.44. The van der Waals surface area contributed by atoms with Gasteiger partial charge in [0.15, 0.2) is 0 Å². The number of alkyl halides is 1. The van der Waals surface area contributed by atoms with Crippen LogP contribution in [0.3, 0.4) is 0 Å². The molecule has 0 heterocycles. The second-order valence-corrected chi connectivity index (χ2v) is 10.7. The van der Waals surface area contributed by atoms with Crippen LogP contribution in [0.25, 0.3) is 0 Å². The lowest BCUT2D eigenvalue weighted by Gasteiger charge is -2.60. The Morgan fingerprint density at radius 2 is 1.79 bits per heavy atom. The highest BCUT2D eigenvalue weighted by atomic mass is 79.9. The lowest BCUT2D eigenvalue weighted by molar-refractivity contribution is -0.126. The van der Waals surface area contributed by atoms with E-state index >= 15 is 0 Å². The summed E-state index contributed by atoms with van der Waals surface area (Å²) in [6.45, 7) is 4.24. The standard InChI is InChI=1S/C21H28BrNO/c1-15(2)23(18-6-4-3-5-7-18)19(24)13-20-9-16-8-17(10-20)12-21(22,11-16)14-20/h3-7,15-17H,8-14H2,1-2H3/t16-,17+,20?,21?. The molecule has 0 aromatic heterocycles. The molecule has 3 heteroatoms. The second kappa shape index (κ2) is 5.86. The molecule has 0 spiro atoms. The van der Waals surface area contributed by atoms with Crippen molar-refractivity contribution in [3.05, 3.63) is 30.3 Å². The number of hydrogen-bond donors (Lipinski definition) is 0. The van der Waals surface area contributed by atoms with Gasteiger partial charge in [-0.25, -0.2) is 0 Å². The average Bonchev–Trinajstić information content (AvgIpc) is 2.44. The molecule has 1 aromatic carbocycles.